The lowest BCUT2D eigenvalue weighted by molar-refractivity contribution is -0.118. The number of amides is 1. The molecule has 1 heterocycles. The Morgan fingerprint density at radius 3 is 2.31 bits per heavy atom. The number of benzene rings is 3. The van der Waals surface area contributed by atoms with Gasteiger partial charge in [-0.1, -0.05) is 53.5 Å². The van der Waals surface area contributed by atoms with E-state index in [1.165, 1.54) is 5.56 Å². The van der Waals surface area contributed by atoms with E-state index in [4.69, 9.17) is 27.9 Å². The molecule has 1 aliphatic heterocycles. The highest BCUT2D eigenvalue weighted by Gasteiger charge is 2.17. The SMILES string of the molecule is O=C(COc1ccc(Cl)cc1Cl)Nc1ccc(N2CCN(Cc3ccccc3)CC2)cc1. The smallest absolute Gasteiger partial charge is 0.262 e. The number of nitrogens with one attached hydrogen (secondary N) is 1. The minimum atomic E-state index is -0.252. The summed E-state index contributed by atoms with van der Waals surface area (Å²) in [4.78, 5) is 17.1. The standard InChI is InChI=1S/C25H25Cl2N3O2/c26-20-6-11-24(23(27)16-20)32-18-25(31)28-21-7-9-22(10-8-21)30-14-12-29(13-15-30)17-19-4-2-1-3-5-19/h1-11,16H,12-15,17-18H2,(H,28,31). The number of halogens is 2. The van der Waals surface area contributed by atoms with Crippen LogP contribution in [0.2, 0.25) is 10.0 Å². The van der Waals surface area contributed by atoms with Gasteiger partial charge in [0.15, 0.2) is 6.61 Å². The predicted molar refractivity (Wildman–Crippen MR) is 131 cm³/mol. The molecule has 0 bridgehead atoms. The summed E-state index contributed by atoms with van der Waals surface area (Å²) in [7, 11) is 0. The van der Waals surface area contributed by atoms with Crippen molar-refractivity contribution < 1.29 is 9.53 Å². The van der Waals surface area contributed by atoms with Crippen molar-refractivity contribution in [3.63, 3.8) is 0 Å². The van der Waals surface area contributed by atoms with Crippen molar-refractivity contribution in [3.8, 4) is 5.75 Å². The number of hydrogen-bond donors (Lipinski definition) is 1. The number of ether oxygens (including phenoxy) is 1. The van der Waals surface area contributed by atoms with Gasteiger partial charge in [0.05, 0.1) is 5.02 Å². The molecule has 1 saturated heterocycles. The molecule has 1 N–H and O–H groups in total. The van der Waals surface area contributed by atoms with E-state index in [2.05, 4.69) is 45.4 Å². The molecule has 166 valence electrons. The van der Waals surface area contributed by atoms with E-state index in [0.29, 0.717) is 15.8 Å². The Hall–Kier alpha value is -2.73. The Bertz CT molecular complexity index is 1040. The lowest BCUT2D eigenvalue weighted by Gasteiger charge is -2.36. The van der Waals surface area contributed by atoms with Gasteiger partial charge >= 0.3 is 0 Å². The second-order valence-electron chi connectivity index (χ2n) is 7.71. The second-order valence-corrected chi connectivity index (χ2v) is 8.55. The molecule has 1 aliphatic rings. The quantitative estimate of drug-likeness (QED) is 0.507. The van der Waals surface area contributed by atoms with Crippen LogP contribution in [0, 0.1) is 0 Å². The van der Waals surface area contributed by atoms with Crippen LogP contribution in [0.25, 0.3) is 0 Å². The molecule has 7 heteroatoms. The molecule has 1 amide bonds. The Labute approximate surface area is 198 Å². The molecule has 1 fully saturated rings. The average Bonchev–Trinajstić information content (AvgIpc) is 2.80. The van der Waals surface area contributed by atoms with Gasteiger partial charge in [0.2, 0.25) is 0 Å². The largest absolute Gasteiger partial charge is 0.482 e. The zero-order chi connectivity index (χ0) is 22.3. The third kappa shape index (κ3) is 6.16. The van der Waals surface area contributed by atoms with E-state index in [1.807, 2.05) is 24.3 Å². The number of rotatable bonds is 7. The van der Waals surface area contributed by atoms with Crippen molar-refractivity contribution in [1.82, 2.24) is 4.90 Å². The third-order valence-corrected chi connectivity index (χ3v) is 5.92. The van der Waals surface area contributed by atoms with E-state index >= 15 is 0 Å². The molecule has 0 aliphatic carbocycles. The summed E-state index contributed by atoms with van der Waals surface area (Å²) in [5, 5.41) is 3.74. The summed E-state index contributed by atoms with van der Waals surface area (Å²) < 4.78 is 5.48. The minimum absolute atomic E-state index is 0.132. The summed E-state index contributed by atoms with van der Waals surface area (Å²) in [5.41, 5.74) is 3.24. The number of carbonyl (C=O) groups is 1. The first-order valence-corrected chi connectivity index (χ1v) is 11.3. The van der Waals surface area contributed by atoms with Gasteiger partial charge in [-0.3, -0.25) is 9.69 Å². The lowest BCUT2D eigenvalue weighted by atomic mass is 10.2. The van der Waals surface area contributed by atoms with E-state index < -0.39 is 0 Å². The number of hydrogen-bond acceptors (Lipinski definition) is 4. The Balaban J connectivity index is 1.24. The van der Waals surface area contributed by atoms with E-state index in [0.717, 1.165) is 44.1 Å². The Morgan fingerprint density at radius 1 is 0.906 bits per heavy atom. The fourth-order valence-electron chi connectivity index (χ4n) is 3.69. The van der Waals surface area contributed by atoms with Crippen molar-refractivity contribution in [2.24, 2.45) is 0 Å². The molecule has 0 radical (unpaired) electrons. The van der Waals surface area contributed by atoms with Crippen LogP contribution >= 0.6 is 23.2 Å². The van der Waals surface area contributed by atoms with Crippen molar-refractivity contribution in [1.29, 1.82) is 0 Å². The molecule has 0 unspecified atom stereocenters. The molecule has 0 atom stereocenters. The monoisotopic (exact) mass is 469 g/mol. The Morgan fingerprint density at radius 2 is 1.62 bits per heavy atom. The van der Waals surface area contributed by atoms with Crippen LogP contribution in [0.1, 0.15) is 5.56 Å². The Kier molecular flexibility index (Phi) is 7.53. The molecule has 0 aromatic heterocycles. The molecule has 0 spiro atoms. The number of piperazine rings is 1. The van der Waals surface area contributed by atoms with E-state index in [-0.39, 0.29) is 12.5 Å². The first-order chi connectivity index (χ1) is 15.6. The predicted octanol–water partition coefficient (Wildman–Crippen LogP) is 5.33. The fourth-order valence-corrected chi connectivity index (χ4v) is 4.16. The highest BCUT2D eigenvalue weighted by molar-refractivity contribution is 6.35. The second kappa shape index (κ2) is 10.7. The maximum Gasteiger partial charge on any atom is 0.262 e. The topological polar surface area (TPSA) is 44.8 Å². The zero-order valence-corrected chi connectivity index (χ0v) is 19.1. The fraction of sp³-hybridized carbons (Fsp3) is 0.240. The molecule has 32 heavy (non-hydrogen) atoms. The summed E-state index contributed by atoms with van der Waals surface area (Å²) in [6.45, 7) is 4.87. The molecule has 3 aromatic rings. The van der Waals surface area contributed by atoms with Gasteiger partial charge in [0.25, 0.3) is 5.91 Å². The van der Waals surface area contributed by atoms with Crippen LogP contribution < -0.4 is 15.0 Å². The van der Waals surface area contributed by atoms with E-state index in [1.54, 1.807) is 18.2 Å². The van der Waals surface area contributed by atoms with Gasteiger partial charge in [-0.2, -0.15) is 0 Å². The molecule has 5 nitrogen and oxygen atoms in total. The lowest BCUT2D eigenvalue weighted by Crippen LogP contribution is -2.45. The van der Waals surface area contributed by atoms with Gasteiger partial charge in [-0.15, -0.1) is 0 Å². The first kappa shape index (κ1) is 22.5. The van der Waals surface area contributed by atoms with Crippen LogP contribution in [0.3, 0.4) is 0 Å². The molecular weight excluding hydrogens is 445 g/mol. The molecule has 0 saturated carbocycles. The first-order valence-electron chi connectivity index (χ1n) is 10.6. The van der Waals surface area contributed by atoms with Crippen LogP contribution in [0.5, 0.6) is 5.75 Å². The van der Waals surface area contributed by atoms with Gasteiger partial charge in [0.1, 0.15) is 5.75 Å². The van der Waals surface area contributed by atoms with Gasteiger partial charge in [-0.25, -0.2) is 0 Å². The molecular formula is C25H25Cl2N3O2. The van der Waals surface area contributed by atoms with Crippen molar-refractivity contribution in [2.75, 3.05) is 43.0 Å². The van der Waals surface area contributed by atoms with Gasteiger partial charge < -0.3 is 15.0 Å². The normalized spacial score (nSPS) is 14.2. The number of nitrogens with zero attached hydrogens (tertiary/aromatic N) is 2. The van der Waals surface area contributed by atoms with Crippen molar-refractivity contribution in [2.45, 2.75) is 6.54 Å². The highest BCUT2D eigenvalue weighted by Crippen LogP contribution is 2.27. The third-order valence-electron chi connectivity index (χ3n) is 5.39. The zero-order valence-electron chi connectivity index (χ0n) is 17.6. The summed E-state index contributed by atoms with van der Waals surface area (Å²) >= 11 is 11.9. The molecule has 3 aromatic carbocycles. The van der Waals surface area contributed by atoms with Crippen LogP contribution in [-0.2, 0) is 11.3 Å². The average molecular weight is 470 g/mol. The number of carbonyl (C=O) groups excluding carboxylic acids is 1. The van der Waals surface area contributed by atoms with Gasteiger partial charge in [-0.05, 0) is 48.0 Å². The number of anilines is 2. The van der Waals surface area contributed by atoms with Crippen molar-refractivity contribution in [3.05, 3.63) is 88.4 Å². The maximum atomic E-state index is 12.2. The van der Waals surface area contributed by atoms with Crippen LogP contribution in [0.4, 0.5) is 11.4 Å². The van der Waals surface area contributed by atoms with E-state index in [9.17, 15) is 4.79 Å². The minimum Gasteiger partial charge on any atom is -0.482 e. The van der Waals surface area contributed by atoms with Gasteiger partial charge in [0, 0.05) is 49.1 Å². The van der Waals surface area contributed by atoms with Crippen LogP contribution in [0.15, 0.2) is 72.8 Å². The maximum absolute atomic E-state index is 12.2. The summed E-state index contributed by atoms with van der Waals surface area (Å²) in [6, 6.07) is 23.4. The van der Waals surface area contributed by atoms with Crippen molar-refractivity contribution >= 4 is 40.5 Å². The summed E-state index contributed by atoms with van der Waals surface area (Å²) in [5.74, 6) is 0.172. The highest BCUT2D eigenvalue weighted by atomic mass is 35.5. The summed E-state index contributed by atoms with van der Waals surface area (Å²) in [6.07, 6.45) is 0. The molecule has 4 rings (SSSR count). The van der Waals surface area contributed by atoms with Crippen LogP contribution in [-0.4, -0.2) is 43.6 Å².